The largest absolute Gasteiger partial charge is 0.350 e. The fourth-order valence-electron chi connectivity index (χ4n) is 3.21. The number of carbonyl (C=O) groups is 2. The van der Waals surface area contributed by atoms with Gasteiger partial charge in [-0.2, -0.15) is 0 Å². The highest BCUT2D eigenvalue weighted by Gasteiger charge is 2.38. The van der Waals surface area contributed by atoms with Crippen LogP contribution in [-0.4, -0.2) is 28.3 Å². The van der Waals surface area contributed by atoms with Crippen LogP contribution in [0.4, 0.5) is 0 Å². The summed E-state index contributed by atoms with van der Waals surface area (Å²) in [6.07, 6.45) is 1.93. The average Bonchev–Trinajstić information content (AvgIpc) is 3.07. The second kappa shape index (κ2) is 6.18. The number of benzene rings is 2. The Balaban J connectivity index is 1.90. The first-order chi connectivity index (χ1) is 12.5. The molecule has 4 rings (SSSR count). The Kier molecular flexibility index (Phi) is 3.96. The molecule has 1 aliphatic rings. The number of thioether (sulfide) groups is 1. The van der Waals surface area contributed by atoms with Crippen molar-refractivity contribution >= 4 is 40.1 Å². The minimum atomic E-state index is -0.249. The van der Waals surface area contributed by atoms with Crippen molar-refractivity contribution in [3.05, 3.63) is 70.8 Å². The minimum absolute atomic E-state index is 0.247. The topological polar surface area (TPSA) is 42.3 Å². The maximum absolute atomic E-state index is 12.8. The zero-order valence-corrected chi connectivity index (χ0v) is 15.6. The molecule has 0 bridgehead atoms. The third-order valence-electron chi connectivity index (χ3n) is 4.65. The molecule has 1 aliphatic heterocycles. The highest BCUT2D eigenvalue weighted by atomic mass is 32.2. The number of imide groups is 1. The molecule has 0 spiro atoms. The van der Waals surface area contributed by atoms with Gasteiger partial charge in [0.1, 0.15) is 0 Å². The van der Waals surface area contributed by atoms with Gasteiger partial charge in [0.25, 0.3) is 11.8 Å². The summed E-state index contributed by atoms with van der Waals surface area (Å²) in [4.78, 5) is 28.2. The lowest BCUT2D eigenvalue weighted by atomic mass is 10.1. The molecule has 0 aliphatic carbocycles. The molecular formula is C21H18N2O2S. The van der Waals surface area contributed by atoms with E-state index < -0.39 is 0 Å². The van der Waals surface area contributed by atoms with E-state index in [-0.39, 0.29) is 11.8 Å². The molecule has 0 unspecified atom stereocenters. The first-order valence-corrected chi connectivity index (χ1v) is 9.14. The summed E-state index contributed by atoms with van der Waals surface area (Å²) in [5.41, 5.74) is 3.48. The third kappa shape index (κ3) is 2.56. The van der Waals surface area contributed by atoms with Gasteiger partial charge >= 0.3 is 0 Å². The lowest BCUT2D eigenvalue weighted by molar-refractivity contribution is -0.134. The van der Waals surface area contributed by atoms with E-state index in [0.29, 0.717) is 10.5 Å². The number of nitrogens with zero attached hydrogens (tertiary/aromatic N) is 2. The van der Waals surface area contributed by atoms with Crippen molar-refractivity contribution in [3.63, 3.8) is 0 Å². The second-order valence-electron chi connectivity index (χ2n) is 6.46. The van der Waals surface area contributed by atoms with Crippen LogP contribution in [-0.2, 0) is 16.6 Å². The predicted molar refractivity (Wildman–Crippen MR) is 105 cm³/mol. The first kappa shape index (κ1) is 16.7. The molecule has 2 aromatic carbocycles. The Morgan fingerprint density at radius 3 is 2.31 bits per heavy atom. The number of carbonyl (C=O) groups excluding carboxylic acids is 2. The quantitative estimate of drug-likeness (QED) is 0.662. The molecule has 0 atom stereocenters. The fourth-order valence-corrected chi connectivity index (χ4v) is 4.25. The summed E-state index contributed by atoms with van der Waals surface area (Å²) in [6.45, 7) is 2.02. The van der Waals surface area contributed by atoms with Crippen molar-refractivity contribution in [1.29, 1.82) is 0 Å². The van der Waals surface area contributed by atoms with Crippen LogP contribution in [0.15, 0.2) is 64.5 Å². The van der Waals surface area contributed by atoms with Crippen LogP contribution in [0.25, 0.3) is 16.5 Å². The van der Waals surface area contributed by atoms with E-state index in [4.69, 9.17) is 0 Å². The number of aromatic nitrogens is 1. The van der Waals surface area contributed by atoms with Crippen LogP contribution in [0.5, 0.6) is 0 Å². The van der Waals surface area contributed by atoms with Gasteiger partial charge in [-0.3, -0.25) is 14.5 Å². The van der Waals surface area contributed by atoms with Gasteiger partial charge in [-0.25, -0.2) is 0 Å². The van der Waals surface area contributed by atoms with Crippen LogP contribution in [0.2, 0.25) is 0 Å². The number of aryl methyl sites for hydroxylation is 2. The normalized spacial score (nSPS) is 14.8. The molecule has 1 aromatic heterocycles. The highest BCUT2D eigenvalue weighted by molar-refractivity contribution is 8.04. The zero-order valence-electron chi connectivity index (χ0n) is 14.8. The minimum Gasteiger partial charge on any atom is -0.350 e. The van der Waals surface area contributed by atoms with Gasteiger partial charge in [-0.05, 0) is 25.1 Å². The van der Waals surface area contributed by atoms with Crippen molar-refractivity contribution in [1.82, 2.24) is 9.47 Å². The molecule has 4 nitrogen and oxygen atoms in total. The summed E-state index contributed by atoms with van der Waals surface area (Å²) < 4.78 is 1.99. The molecule has 0 fully saturated rings. The molecule has 5 heteroatoms. The highest BCUT2D eigenvalue weighted by Crippen LogP contribution is 2.41. The molecule has 2 heterocycles. The number of rotatable bonds is 3. The molecule has 0 N–H and O–H groups in total. The molecule has 0 radical (unpaired) electrons. The Labute approximate surface area is 156 Å². The summed E-state index contributed by atoms with van der Waals surface area (Å²) in [5, 5.41) is 0.975. The van der Waals surface area contributed by atoms with Crippen molar-refractivity contribution in [2.75, 3.05) is 7.05 Å². The lowest BCUT2D eigenvalue weighted by Gasteiger charge is -2.06. The molecule has 130 valence electrons. The number of para-hydroxylation sites is 1. The van der Waals surface area contributed by atoms with Gasteiger partial charge in [-0.1, -0.05) is 47.7 Å². The van der Waals surface area contributed by atoms with E-state index >= 15 is 0 Å². The van der Waals surface area contributed by atoms with Crippen molar-refractivity contribution < 1.29 is 9.59 Å². The molecule has 3 aromatic rings. The van der Waals surface area contributed by atoms with E-state index in [0.717, 1.165) is 26.9 Å². The number of hydrogen-bond donors (Lipinski definition) is 0. The Morgan fingerprint density at radius 2 is 1.58 bits per heavy atom. The summed E-state index contributed by atoms with van der Waals surface area (Å²) >= 11 is 1.35. The number of amides is 2. The molecule has 2 amide bonds. The van der Waals surface area contributed by atoms with Gasteiger partial charge in [0.15, 0.2) is 0 Å². The Bertz CT molecular complexity index is 1080. The van der Waals surface area contributed by atoms with Crippen LogP contribution in [0.3, 0.4) is 0 Å². The van der Waals surface area contributed by atoms with Crippen molar-refractivity contribution in [3.8, 4) is 0 Å². The van der Waals surface area contributed by atoms with Crippen molar-refractivity contribution in [2.45, 2.75) is 11.8 Å². The predicted octanol–water partition coefficient (Wildman–Crippen LogP) is 3.99. The van der Waals surface area contributed by atoms with E-state index in [1.54, 1.807) is 7.05 Å². The zero-order chi connectivity index (χ0) is 18.4. The van der Waals surface area contributed by atoms with Crippen LogP contribution >= 0.6 is 11.8 Å². The second-order valence-corrected chi connectivity index (χ2v) is 7.54. The fraction of sp³-hybridized carbons (Fsp3) is 0.143. The summed E-state index contributed by atoms with van der Waals surface area (Å²) in [6, 6.07) is 15.9. The number of hydrogen-bond acceptors (Lipinski definition) is 3. The summed E-state index contributed by atoms with van der Waals surface area (Å²) in [5.74, 6) is -0.496. The van der Waals surface area contributed by atoms with E-state index in [2.05, 4.69) is 0 Å². The number of likely N-dealkylation sites (N-methyl/N-ethyl adjacent to an activating group) is 1. The maximum atomic E-state index is 12.8. The Morgan fingerprint density at radius 1 is 0.885 bits per heavy atom. The van der Waals surface area contributed by atoms with E-state index in [1.807, 2.05) is 73.3 Å². The SMILES string of the molecule is Cc1ccc(SC2=C(c3cn(C)c4ccccc34)C(=O)N(C)C2=O)cc1. The van der Waals surface area contributed by atoms with Gasteiger partial charge in [0, 0.05) is 41.7 Å². The maximum Gasteiger partial charge on any atom is 0.268 e. The number of fused-ring (bicyclic) bond motifs is 1. The third-order valence-corrected chi connectivity index (χ3v) is 5.74. The van der Waals surface area contributed by atoms with Crippen molar-refractivity contribution in [2.24, 2.45) is 7.05 Å². The van der Waals surface area contributed by atoms with Crippen LogP contribution in [0, 0.1) is 6.92 Å². The van der Waals surface area contributed by atoms with Crippen LogP contribution < -0.4 is 0 Å². The van der Waals surface area contributed by atoms with Gasteiger partial charge < -0.3 is 4.57 Å². The van der Waals surface area contributed by atoms with Gasteiger partial charge in [-0.15, -0.1) is 0 Å². The summed E-state index contributed by atoms with van der Waals surface area (Å²) in [7, 11) is 3.49. The van der Waals surface area contributed by atoms with E-state index in [1.165, 1.54) is 16.7 Å². The average molecular weight is 362 g/mol. The Hall–Kier alpha value is -2.79. The standard InChI is InChI=1S/C21H18N2O2S/c1-13-8-10-14(11-9-13)26-19-18(20(24)23(3)21(19)25)16-12-22(2)17-7-5-4-6-15(16)17/h4-12H,1-3H3. The van der Waals surface area contributed by atoms with Gasteiger partial charge in [0.05, 0.1) is 10.5 Å². The molecule has 0 saturated heterocycles. The smallest absolute Gasteiger partial charge is 0.268 e. The lowest BCUT2D eigenvalue weighted by Crippen LogP contribution is -2.26. The van der Waals surface area contributed by atoms with Crippen LogP contribution in [0.1, 0.15) is 11.1 Å². The van der Waals surface area contributed by atoms with Gasteiger partial charge in [0.2, 0.25) is 0 Å². The molecular weight excluding hydrogens is 344 g/mol. The monoisotopic (exact) mass is 362 g/mol. The molecule has 0 saturated carbocycles. The first-order valence-electron chi connectivity index (χ1n) is 8.33. The molecule has 26 heavy (non-hydrogen) atoms. The van der Waals surface area contributed by atoms with E-state index in [9.17, 15) is 9.59 Å².